The summed E-state index contributed by atoms with van der Waals surface area (Å²) in [6.45, 7) is 4.24. The maximum absolute atomic E-state index is 13.3. The second-order valence-corrected chi connectivity index (χ2v) is 6.59. The van der Waals surface area contributed by atoms with Crippen LogP contribution < -0.4 is 10.5 Å². The van der Waals surface area contributed by atoms with Crippen LogP contribution in [0, 0.1) is 5.82 Å². The molecule has 21 heavy (non-hydrogen) atoms. The molecule has 1 aliphatic heterocycles. The topological polar surface area (TPSA) is 84.7 Å². The lowest BCUT2D eigenvalue weighted by Crippen LogP contribution is -2.38. The van der Waals surface area contributed by atoms with Crippen LogP contribution in [-0.2, 0) is 14.8 Å². The number of anilines is 1. The molecular weight excluding hydrogens is 297 g/mol. The first-order valence-electron chi connectivity index (χ1n) is 6.84. The number of nitrogens with two attached hydrogens (primary N) is 1. The molecule has 0 bridgehead atoms. The number of benzene rings is 1. The molecule has 8 heteroatoms. The van der Waals surface area contributed by atoms with E-state index in [1.54, 1.807) is 0 Å². The van der Waals surface area contributed by atoms with Crippen LogP contribution in [0.15, 0.2) is 23.1 Å². The van der Waals surface area contributed by atoms with E-state index >= 15 is 0 Å². The van der Waals surface area contributed by atoms with Crippen LogP contribution in [0.3, 0.4) is 0 Å². The third-order valence-corrected chi connectivity index (χ3v) is 4.87. The van der Waals surface area contributed by atoms with E-state index in [4.69, 9.17) is 10.5 Å². The molecule has 0 amide bonds. The Morgan fingerprint density at radius 2 is 2.05 bits per heavy atom. The minimum atomic E-state index is -3.77. The zero-order chi connectivity index (χ0) is 15.3. The third-order valence-electron chi connectivity index (χ3n) is 3.35. The number of nitrogens with one attached hydrogen (secondary N) is 1. The molecule has 118 valence electrons. The number of para-hydroxylation sites is 1. The van der Waals surface area contributed by atoms with Crippen molar-refractivity contribution in [1.82, 2.24) is 9.62 Å². The van der Waals surface area contributed by atoms with Crippen molar-refractivity contribution < 1.29 is 17.5 Å². The number of nitrogen functional groups attached to an aromatic ring is 1. The van der Waals surface area contributed by atoms with E-state index in [1.165, 1.54) is 12.1 Å². The summed E-state index contributed by atoms with van der Waals surface area (Å²) >= 11 is 0. The first-order chi connectivity index (χ1) is 10.0. The van der Waals surface area contributed by atoms with E-state index in [-0.39, 0.29) is 17.1 Å². The van der Waals surface area contributed by atoms with Gasteiger partial charge < -0.3 is 10.5 Å². The van der Waals surface area contributed by atoms with Gasteiger partial charge in [-0.3, -0.25) is 4.90 Å². The van der Waals surface area contributed by atoms with Gasteiger partial charge in [-0.15, -0.1) is 0 Å². The fraction of sp³-hybridized carbons (Fsp3) is 0.538. The van der Waals surface area contributed by atoms with Gasteiger partial charge in [0.05, 0.1) is 18.9 Å². The average molecular weight is 317 g/mol. The zero-order valence-electron chi connectivity index (χ0n) is 11.7. The van der Waals surface area contributed by atoms with Gasteiger partial charge >= 0.3 is 0 Å². The quantitative estimate of drug-likeness (QED) is 0.586. The third kappa shape index (κ3) is 4.37. The van der Waals surface area contributed by atoms with E-state index in [0.29, 0.717) is 19.6 Å². The van der Waals surface area contributed by atoms with Crippen LogP contribution >= 0.6 is 0 Å². The molecule has 1 heterocycles. The lowest BCUT2D eigenvalue weighted by Gasteiger charge is -2.26. The molecule has 1 aromatic carbocycles. The molecule has 0 saturated carbocycles. The molecule has 2 rings (SSSR count). The van der Waals surface area contributed by atoms with E-state index in [0.717, 1.165) is 25.7 Å². The highest BCUT2D eigenvalue weighted by Gasteiger charge is 2.19. The van der Waals surface area contributed by atoms with Crippen molar-refractivity contribution in [3.8, 4) is 0 Å². The Bertz CT molecular complexity index is 574. The SMILES string of the molecule is Nc1c(F)cccc1S(=O)(=O)NCCCN1CCOCC1. The van der Waals surface area contributed by atoms with E-state index in [1.807, 2.05) is 0 Å². The predicted octanol–water partition coefficient (Wildman–Crippen LogP) is 0.409. The molecule has 6 nitrogen and oxygen atoms in total. The van der Waals surface area contributed by atoms with Crippen molar-refractivity contribution in [2.24, 2.45) is 0 Å². The maximum atomic E-state index is 13.3. The van der Waals surface area contributed by atoms with E-state index < -0.39 is 15.8 Å². The number of hydrogen-bond donors (Lipinski definition) is 2. The van der Waals surface area contributed by atoms with Crippen LogP contribution in [0.5, 0.6) is 0 Å². The molecule has 0 unspecified atom stereocenters. The fourth-order valence-corrected chi connectivity index (χ4v) is 3.38. The van der Waals surface area contributed by atoms with Gasteiger partial charge in [0.25, 0.3) is 0 Å². The largest absolute Gasteiger partial charge is 0.395 e. The summed E-state index contributed by atoms with van der Waals surface area (Å²) in [5.74, 6) is -0.730. The molecule has 1 fully saturated rings. The van der Waals surface area contributed by atoms with Gasteiger partial charge in [-0.05, 0) is 25.1 Å². The highest BCUT2D eigenvalue weighted by molar-refractivity contribution is 7.89. The van der Waals surface area contributed by atoms with Crippen LogP contribution in [-0.4, -0.2) is 52.7 Å². The van der Waals surface area contributed by atoms with Crippen LogP contribution in [0.1, 0.15) is 6.42 Å². The molecule has 1 aromatic rings. The van der Waals surface area contributed by atoms with Crippen molar-refractivity contribution in [2.75, 3.05) is 45.1 Å². The number of rotatable bonds is 6. The van der Waals surface area contributed by atoms with Crippen molar-refractivity contribution in [1.29, 1.82) is 0 Å². The highest BCUT2D eigenvalue weighted by atomic mass is 32.2. The van der Waals surface area contributed by atoms with Crippen LogP contribution in [0.4, 0.5) is 10.1 Å². The molecule has 0 spiro atoms. The Morgan fingerprint density at radius 1 is 1.33 bits per heavy atom. The van der Waals surface area contributed by atoms with Crippen molar-refractivity contribution in [3.05, 3.63) is 24.0 Å². The minimum Gasteiger partial charge on any atom is -0.395 e. The number of nitrogens with zero attached hydrogens (tertiary/aromatic N) is 1. The van der Waals surface area contributed by atoms with Gasteiger partial charge in [0.1, 0.15) is 10.7 Å². The minimum absolute atomic E-state index is 0.214. The summed E-state index contributed by atoms with van der Waals surface area (Å²) in [4.78, 5) is 2.00. The second kappa shape index (κ2) is 7.17. The molecular formula is C13H20FN3O3S. The first-order valence-corrected chi connectivity index (χ1v) is 8.33. The first kappa shape index (κ1) is 16.2. The monoisotopic (exact) mass is 317 g/mol. The number of ether oxygens (including phenoxy) is 1. The summed E-state index contributed by atoms with van der Waals surface area (Å²) in [5.41, 5.74) is 5.12. The Labute approximate surface area is 124 Å². The number of morpholine rings is 1. The summed E-state index contributed by atoms with van der Waals surface area (Å²) in [5, 5.41) is 0. The van der Waals surface area contributed by atoms with Gasteiger partial charge in [0.2, 0.25) is 10.0 Å². The lowest BCUT2D eigenvalue weighted by molar-refractivity contribution is 0.0376. The summed E-state index contributed by atoms with van der Waals surface area (Å²) < 4.78 is 45.1. The van der Waals surface area contributed by atoms with Crippen molar-refractivity contribution in [2.45, 2.75) is 11.3 Å². The van der Waals surface area contributed by atoms with Gasteiger partial charge in [0.15, 0.2) is 0 Å². The normalized spacial score (nSPS) is 17.0. The standard InChI is InChI=1S/C13H20FN3O3S/c14-11-3-1-4-12(13(11)15)21(18,19)16-5-2-6-17-7-9-20-10-8-17/h1,3-4,16H,2,5-10,15H2. The zero-order valence-corrected chi connectivity index (χ0v) is 12.5. The molecule has 1 saturated heterocycles. The lowest BCUT2D eigenvalue weighted by atomic mass is 10.3. The number of sulfonamides is 1. The molecule has 0 atom stereocenters. The molecule has 0 aromatic heterocycles. The molecule has 3 N–H and O–H groups in total. The van der Waals surface area contributed by atoms with E-state index in [9.17, 15) is 12.8 Å². The predicted molar refractivity (Wildman–Crippen MR) is 77.9 cm³/mol. The molecule has 0 aliphatic carbocycles. The van der Waals surface area contributed by atoms with Crippen LogP contribution in [0.2, 0.25) is 0 Å². The average Bonchev–Trinajstić information content (AvgIpc) is 2.47. The molecule has 1 aliphatic rings. The molecule has 0 radical (unpaired) electrons. The van der Waals surface area contributed by atoms with Gasteiger partial charge in [-0.1, -0.05) is 6.07 Å². The summed E-state index contributed by atoms with van der Waals surface area (Å²) in [6.07, 6.45) is 0.675. The Kier molecular flexibility index (Phi) is 5.51. The number of halogens is 1. The van der Waals surface area contributed by atoms with E-state index in [2.05, 4.69) is 9.62 Å². The van der Waals surface area contributed by atoms with Gasteiger partial charge in [0, 0.05) is 19.6 Å². The Balaban J connectivity index is 1.85. The van der Waals surface area contributed by atoms with Crippen molar-refractivity contribution in [3.63, 3.8) is 0 Å². The summed E-state index contributed by atoms with van der Waals surface area (Å²) in [6, 6.07) is 3.75. The summed E-state index contributed by atoms with van der Waals surface area (Å²) in [7, 11) is -3.77. The van der Waals surface area contributed by atoms with Crippen molar-refractivity contribution >= 4 is 15.7 Å². The smallest absolute Gasteiger partial charge is 0.242 e. The number of hydrogen-bond acceptors (Lipinski definition) is 5. The van der Waals surface area contributed by atoms with Gasteiger partial charge in [-0.2, -0.15) is 0 Å². The maximum Gasteiger partial charge on any atom is 0.242 e. The Hall–Kier alpha value is -1.22. The fourth-order valence-electron chi connectivity index (χ4n) is 2.16. The van der Waals surface area contributed by atoms with Crippen LogP contribution in [0.25, 0.3) is 0 Å². The second-order valence-electron chi connectivity index (χ2n) is 4.86. The Morgan fingerprint density at radius 3 is 2.76 bits per heavy atom. The highest BCUT2D eigenvalue weighted by Crippen LogP contribution is 2.20. The van der Waals surface area contributed by atoms with Gasteiger partial charge in [-0.25, -0.2) is 17.5 Å².